The first-order valence-electron chi connectivity index (χ1n) is 6.71. The summed E-state index contributed by atoms with van der Waals surface area (Å²) in [5, 5.41) is 0. The summed E-state index contributed by atoms with van der Waals surface area (Å²) in [6.45, 7) is 2.37. The van der Waals surface area contributed by atoms with Crippen LogP contribution in [-0.4, -0.2) is 14.4 Å². The van der Waals surface area contributed by atoms with E-state index in [1.807, 2.05) is 0 Å². The summed E-state index contributed by atoms with van der Waals surface area (Å²) in [5.74, 6) is 2.71. The Hall–Kier alpha value is -0.190. The van der Waals surface area contributed by atoms with E-state index in [0.29, 0.717) is 27.1 Å². The summed E-state index contributed by atoms with van der Waals surface area (Å²) in [4.78, 5) is 9.52. The van der Waals surface area contributed by atoms with Crippen molar-refractivity contribution in [1.29, 1.82) is 0 Å². The SMILES string of the molecule is CC1CCC(c2ncc3c(n2)CC[I-]C3)CC1. The zero-order chi connectivity index (χ0) is 11.7. The number of alkyl halides is 2. The molecule has 2 nitrogen and oxygen atoms in total. The summed E-state index contributed by atoms with van der Waals surface area (Å²) >= 11 is 0.414. The van der Waals surface area contributed by atoms with Crippen molar-refractivity contribution in [2.75, 3.05) is 4.43 Å². The van der Waals surface area contributed by atoms with Crippen molar-refractivity contribution in [2.24, 2.45) is 5.92 Å². The number of rotatable bonds is 1. The number of halogens is 1. The predicted octanol–water partition coefficient (Wildman–Crippen LogP) is -0.0846. The Bertz CT molecular complexity index is 397. The van der Waals surface area contributed by atoms with Gasteiger partial charge < -0.3 is 0 Å². The molecule has 94 valence electrons. The minimum absolute atomic E-state index is 0.414. The molecule has 1 saturated carbocycles. The summed E-state index contributed by atoms with van der Waals surface area (Å²) in [7, 11) is 0. The van der Waals surface area contributed by atoms with Gasteiger partial charge in [0.05, 0.1) is 0 Å². The molecule has 0 saturated heterocycles. The van der Waals surface area contributed by atoms with Gasteiger partial charge in [0.25, 0.3) is 0 Å². The van der Waals surface area contributed by atoms with Gasteiger partial charge in [-0.3, -0.25) is 0 Å². The maximum absolute atomic E-state index is 4.87. The van der Waals surface area contributed by atoms with Crippen LogP contribution >= 0.6 is 0 Å². The van der Waals surface area contributed by atoms with E-state index in [1.165, 1.54) is 52.2 Å². The molecule has 3 rings (SSSR count). The molecule has 2 heterocycles. The average Bonchev–Trinajstić information content (AvgIpc) is 2.39. The molecule has 0 radical (unpaired) electrons. The molecule has 0 aromatic carbocycles. The Labute approximate surface area is 114 Å². The number of hydrogen-bond acceptors (Lipinski definition) is 2. The molecule has 0 N–H and O–H groups in total. The van der Waals surface area contributed by atoms with E-state index in [-0.39, 0.29) is 0 Å². The number of aromatic nitrogens is 2. The summed E-state index contributed by atoms with van der Waals surface area (Å²) in [6, 6.07) is 0. The molecule has 17 heavy (non-hydrogen) atoms. The normalized spacial score (nSPS) is 29.2. The van der Waals surface area contributed by atoms with Gasteiger partial charge in [-0.1, -0.05) is 0 Å². The van der Waals surface area contributed by atoms with Crippen molar-refractivity contribution in [3.05, 3.63) is 23.3 Å². The second-order valence-corrected chi connectivity index (χ2v) is 8.34. The van der Waals surface area contributed by atoms with Crippen molar-refractivity contribution in [3.63, 3.8) is 0 Å². The molecule has 0 bridgehead atoms. The van der Waals surface area contributed by atoms with Crippen molar-refractivity contribution in [1.82, 2.24) is 9.97 Å². The van der Waals surface area contributed by atoms with E-state index in [1.54, 1.807) is 0 Å². The predicted molar refractivity (Wildman–Crippen MR) is 64.7 cm³/mol. The topological polar surface area (TPSA) is 25.8 Å². The second-order valence-electron chi connectivity index (χ2n) is 5.42. The van der Waals surface area contributed by atoms with Gasteiger partial charge in [0.1, 0.15) is 0 Å². The van der Waals surface area contributed by atoms with Gasteiger partial charge in [-0.15, -0.1) is 0 Å². The molecule has 1 aromatic heterocycles. The van der Waals surface area contributed by atoms with Crippen LogP contribution in [0.25, 0.3) is 0 Å². The molecule has 1 aliphatic heterocycles. The van der Waals surface area contributed by atoms with E-state index in [0.717, 1.165) is 11.7 Å². The van der Waals surface area contributed by atoms with Crippen LogP contribution in [0.15, 0.2) is 6.20 Å². The number of hydrogen-bond donors (Lipinski definition) is 0. The number of fused-ring (bicyclic) bond motifs is 1. The molecule has 3 heteroatoms. The van der Waals surface area contributed by atoms with Gasteiger partial charge in [0.2, 0.25) is 0 Å². The fraction of sp³-hybridized carbons (Fsp3) is 0.714. The molecule has 1 fully saturated rings. The van der Waals surface area contributed by atoms with E-state index in [4.69, 9.17) is 4.98 Å². The molecular formula is C14H20IN2-. The summed E-state index contributed by atoms with van der Waals surface area (Å²) < 4.78 is 2.72. The van der Waals surface area contributed by atoms with Gasteiger partial charge >= 0.3 is 114 Å². The van der Waals surface area contributed by atoms with Crippen LogP contribution in [0.2, 0.25) is 0 Å². The Morgan fingerprint density at radius 1 is 1.24 bits per heavy atom. The van der Waals surface area contributed by atoms with Crippen molar-refractivity contribution < 1.29 is 21.2 Å². The van der Waals surface area contributed by atoms with Crippen molar-refractivity contribution in [3.8, 4) is 0 Å². The Balaban J connectivity index is 1.79. The van der Waals surface area contributed by atoms with Gasteiger partial charge in [0, 0.05) is 0 Å². The first-order valence-corrected chi connectivity index (χ1v) is 9.76. The van der Waals surface area contributed by atoms with E-state index in [9.17, 15) is 0 Å². The molecule has 1 aliphatic carbocycles. The third kappa shape index (κ3) is 2.64. The van der Waals surface area contributed by atoms with Crippen LogP contribution in [0.5, 0.6) is 0 Å². The fourth-order valence-corrected chi connectivity index (χ4v) is 5.32. The van der Waals surface area contributed by atoms with Gasteiger partial charge in [-0.25, -0.2) is 0 Å². The van der Waals surface area contributed by atoms with Crippen LogP contribution in [0.1, 0.15) is 55.6 Å². The van der Waals surface area contributed by atoms with Crippen LogP contribution in [0.4, 0.5) is 0 Å². The second kappa shape index (κ2) is 5.21. The zero-order valence-corrected chi connectivity index (χ0v) is 12.6. The van der Waals surface area contributed by atoms with Crippen LogP contribution in [0.3, 0.4) is 0 Å². The van der Waals surface area contributed by atoms with Gasteiger partial charge in [0.15, 0.2) is 0 Å². The van der Waals surface area contributed by atoms with Crippen molar-refractivity contribution >= 4 is 0 Å². The molecule has 0 unspecified atom stereocenters. The first-order chi connectivity index (χ1) is 8.33. The van der Waals surface area contributed by atoms with E-state index < -0.39 is 0 Å². The molecular weight excluding hydrogens is 323 g/mol. The van der Waals surface area contributed by atoms with E-state index >= 15 is 0 Å². The van der Waals surface area contributed by atoms with Crippen molar-refractivity contribution in [2.45, 2.75) is 49.4 Å². The van der Waals surface area contributed by atoms with Gasteiger partial charge in [-0.05, 0) is 0 Å². The Morgan fingerprint density at radius 3 is 2.88 bits per heavy atom. The molecule has 2 aliphatic rings. The maximum atomic E-state index is 4.87. The van der Waals surface area contributed by atoms with Crippen LogP contribution < -0.4 is 21.2 Å². The third-order valence-electron chi connectivity index (χ3n) is 4.06. The first kappa shape index (κ1) is 11.9. The zero-order valence-electron chi connectivity index (χ0n) is 10.5. The summed E-state index contributed by atoms with van der Waals surface area (Å²) in [6.07, 6.45) is 8.67. The molecule has 1 aromatic rings. The third-order valence-corrected chi connectivity index (χ3v) is 6.72. The van der Waals surface area contributed by atoms with Crippen LogP contribution in [0, 0.1) is 5.92 Å². The summed E-state index contributed by atoms with van der Waals surface area (Å²) in [5.41, 5.74) is 2.83. The number of aryl methyl sites for hydroxylation is 1. The average molecular weight is 343 g/mol. The molecule has 0 amide bonds. The Kier molecular flexibility index (Phi) is 3.64. The Morgan fingerprint density at radius 2 is 2.06 bits per heavy atom. The minimum atomic E-state index is 0.414. The molecule has 0 atom stereocenters. The van der Waals surface area contributed by atoms with E-state index in [2.05, 4.69) is 18.1 Å². The monoisotopic (exact) mass is 343 g/mol. The standard InChI is InChI=1S/C14H20IN2/c1-10-2-4-11(5-3-10)14-16-9-12-8-15-7-6-13(12)17-14/h9-11H,2-8H2,1H3/q-1. The fourth-order valence-electron chi connectivity index (χ4n) is 2.83. The van der Waals surface area contributed by atoms with Crippen LogP contribution in [-0.2, 0) is 10.8 Å². The van der Waals surface area contributed by atoms with Gasteiger partial charge in [-0.2, -0.15) is 0 Å². The quantitative estimate of drug-likeness (QED) is 0.527. The molecule has 0 spiro atoms. The number of nitrogens with zero attached hydrogens (tertiary/aromatic N) is 2.